The van der Waals surface area contributed by atoms with E-state index in [0.29, 0.717) is 0 Å². The number of hydrogen-bond donors (Lipinski definition) is 1. The van der Waals surface area contributed by atoms with Crippen LogP contribution in [0.15, 0.2) is 24.8 Å². The Kier molecular flexibility index (Phi) is 5.01. The molecule has 2 aliphatic heterocycles. The summed E-state index contributed by atoms with van der Waals surface area (Å²) >= 11 is 0. The predicted octanol–water partition coefficient (Wildman–Crippen LogP) is 1.17. The quantitative estimate of drug-likeness (QED) is 0.828. The number of aromatic nitrogens is 4. The van der Waals surface area contributed by atoms with Gasteiger partial charge in [-0.3, -0.25) is 4.90 Å². The van der Waals surface area contributed by atoms with Crippen molar-refractivity contribution in [1.29, 1.82) is 0 Å². The van der Waals surface area contributed by atoms with Gasteiger partial charge in [0.15, 0.2) is 0 Å². The van der Waals surface area contributed by atoms with E-state index in [0.717, 1.165) is 76.1 Å². The molecule has 0 radical (unpaired) electrons. The summed E-state index contributed by atoms with van der Waals surface area (Å²) in [5, 5.41) is 11.7. The first-order chi connectivity index (χ1) is 14.1. The Morgan fingerprint density at radius 1 is 1.10 bits per heavy atom. The molecule has 156 valence electrons. The third-order valence-corrected chi connectivity index (χ3v) is 6.88. The number of imidazole rings is 1. The maximum Gasteiger partial charge on any atom is 0.225 e. The lowest BCUT2D eigenvalue weighted by atomic mass is 9.65. The van der Waals surface area contributed by atoms with Gasteiger partial charge in [-0.15, -0.1) is 0 Å². The normalized spacial score (nSPS) is 30.5. The number of piperidine rings is 1. The van der Waals surface area contributed by atoms with E-state index in [-0.39, 0.29) is 11.8 Å². The lowest BCUT2D eigenvalue weighted by molar-refractivity contribution is -0.155. The number of rotatable bonds is 4. The zero-order chi connectivity index (χ0) is 19.8. The SMILES string of the molecule is Cn1ccnc1C1(O)[C@H]2CCC[C@H]1CN(Cc1cnc(N3CCOCC3)nc1)C2. The average Bonchev–Trinajstić information content (AvgIpc) is 3.17. The van der Waals surface area contributed by atoms with Gasteiger partial charge in [0, 0.05) is 82.0 Å². The van der Waals surface area contributed by atoms with Crippen LogP contribution in [0.25, 0.3) is 0 Å². The molecule has 2 aromatic heterocycles. The van der Waals surface area contributed by atoms with Crippen LogP contribution in [0.2, 0.25) is 0 Å². The molecule has 1 aliphatic carbocycles. The standard InChI is InChI=1S/C21H30N6O2/c1-25-6-5-22-19(25)21(28)17-3-2-4-18(21)15-26(14-17)13-16-11-23-20(24-12-16)27-7-9-29-10-8-27/h5-6,11-12,17-18,28H,2-4,7-10,13-15H2,1H3/t17-,18-/m0/s1. The predicted molar refractivity (Wildman–Crippen MR) is 108 cm³/mol. The van der Waals surface area contributed by atoms with E-state index in [1.165, 1.54) is 6.42 Å². The van der Waals surface area contributed by atoms with Crippen LogP contribution >= 0.6 is 0 Å². The van der Waals surface area contributed by atoms with Crippen molar-refractivity contribution in [2.75, 3.05) is 44.3 Å². The molecule has 0 unspecified atom stereocenters. The van der Waals surface area contributed by atoms with Crippen LogP contribution in [0.4, 0.5) is 5.95 Å². The van der Waals surface area contributed by atoms with Gasteiger partial charge < -0.3 is 19.3 Å². The Morgan fingerprint density at radius 2 is 1.79 bits per heavy atom. The first-order valence-electron chi connectivity index (χ1n) is 10.7. The topological polar surface area (TPSA) is 79.5 Å². The number of anilines is 1. The fraction of sp³-hybridized carbons (Fsp3) is 0.667. The highest BCUT2D eigenvalue weighted by Gasteiger charge is 2.53. The van der Waals surface area contributed by atoms with Crippen molar-refractivity contribution in [3.05, 3.63) is 36.2 Å². The van der Waals surface area contributed by atoms with Gasteiger partial charge in [-0.2, -0.15) is 0 Å². The summed E-state index contributed by atoms with van der Waals surface area (Å²) in [7, 11) is 1.98. The molecule has 5 rings (SSSR count). The highest BCUT2D eigenvalue weighted by molar-refractivity contribution is 5.30. The van der Waals surface area contributed by atoms with Crippen LogP contribution in [0.3, 0.4) is 0 Å². The summed E-state index contributed by atoms with van der Waals surface area (Å²) in [4.78, 5) is 18.3. The van der Waals surface area contributed by atoms with E-state index < -0.39 is 5.60 Å². The summed E-state index contributed by atoms with van der Waals surface area (Å²) in [6.07, 6.45) is 10.9. The lowest BCUT2D eigenvalue weighted by Crippen LogP contribution is -2.58. The molecule has 2 saturated heterocycles. The molecule has 3 aliphatic rings. The minimum atomic E-state index is -0.816. The number of nitrogens with zero attached hydrogens (tertiary/aromatic N) is 6. The Labute approximate surface area is 171 Å². The van der Waals surface area contributed by atoms with E-state index in [4.69, 9.17) is 4.74 Å². The van der Waals surface area contributed by atoms with Gasteiger partial charge in [0.2, 0.25) is 5.95 Å². The zero-order valence-electron chi connectivity index (χ0n) is 17.1. The van der Waals surface area contributed by atoms with Crippen molar-refractivity contribution >= 4 is 5.95 Å². The summed E-state index contributed by atoms with van der Waals surface area (Å²) < 4.78 is 7.39. The van der Waals surface area contributed by atoms with Crippen LogP contribution in [-0.2, 0) is 23.9 Å². The van der Waals surface area contributed by atoms with Gasteiger partial charge in [-0.25, -0.2) is 15.0 Å². The third kappa shape index (κ3) is 3.43. The second kappa shape index (κ2) is 7.66. The summed E-state index contributed by atoms with van der Waals surface area (Å²) in [6, 6.07) is 0. The number of morpholine rings is 1. The molecular formula is C21H30N6O2. The summed E-state index contributed by atoms with van der Waals surface area (Å²) in [5.74, 6) is 2.04. The molecule has 3 fully saturated rings. The smallest absolute Gasteiger partial charge is 0.225 e. The molecule has 8 heteroatoms. The van der Waals surface area contributed by atoms with Gasteiger partial charge in [0.05, 0.1) is 13.2 Å². The Morgan fingerprint density at radius 3 is 2.41 bits per heavy atom. The number of likely N-dealkylation sites (tertiary alicyclic amines) is 1. The molecule has 2 atom stereocenters. The second-order valence-corrected chi connectivity index (χ2v) is 8.70. The molecule has 0 amide bonds. The van der Waals surface area contributed by atoms with Crippen LogP contribution in [0.5, 0.6) is 0 Å². The van der Waals surface area contributed by atoms with E-state index in [1.807, 2.05) is 30.2 Å². The average molecular weight is 399 g/mol. The first-order valence-corrected chi connectivity index (χ1v) is 10.7. The van der Waals surface area contributed by atoms with Gasteiger partial charge in [-0.05, 0) is 12.8 Å². The Bertz CT molecular complexity index is 818. The van der Waals surface area contributed by atoms with Gasteiger partial charge in [0.1, 0.15) is 11.4 Å². The van der Waals surface area contributed by atoms with Crippen LogP contribution < -0.4 is 4.90 Å². The summed E-state index contributed by atoms with van der Waals surface area (Å²) in [5.41, 5.74) is 0.312. The van der Waals surface area contributed by atoms with E-state index in [1.54, 1.807) is 6.20 Å². The van der Waals surface area contributed by atoms with Crippen LogP contribution in [0.1, 0.15) is 30.7 Å². The molecule has 1 N–H and O–H groups in total. The molecule has 29 heavy (non-hydrogen) atoms. The van der Waals surface area contributed by atoms with Crippen LogP contribution in [0, 0.1) is 11.8 Å². The minimum Gasteiger partial charge on any atom is -0.381 e. The molecule has 8 nitrogen and oxygen atoms in total. The van der Waals surface area contributed by atoms with E-state index in [9.17, 15) is 5.11 Å². The first kappa shape index (κ1) is 19.0. The zero-order valence-corrected chi connectivity index (χ0v) is 17.1. The number of aryl methyl sites for hydroxylation is 1. The van der Waals surface area contributed by atoms with Crippen molar-refractivity contribution in [3.63, 3.8) is 0 Å². The van der Waals surface area contributed by atoms with Gasteiger partial charge in [-0.1, -0.05) is 6.42 Å². The van der Waals surface area contributed by atoms with Gasteiger partial charge >= 0.3 is 0 Å². The largest absolute Gasteiger partial charge is 0.381 e. The second-order valence-electron chi connectivity index (χ2n) is 8.70. The van der Waals surface area contributed by atoms with Crippen molar-refractivity contribution in [2.45, 2.75) is 31.4 Å². The lowest BCUT2D eigenvalue weighted by Gasteiger charge is -2.52. The molecule has 0 aromatic carbocycles. The number of ether oxygens (including phenoxy) is 1. The fourth-order valence-corrected chi connectivity index (χ4v) is 5.40. The molecule has 4 heterocycles. The number of aliphatic hydroxyl groups is 1. The van der Waals surface area contributed by atoms with Crippen molar-refractivity contribution in [1.82, 2.24) is 24.4 Å². The highest BCUT2D eigenvalue weighted by atomic mass is 16.5. The summed E-state index contributed by atoms with van der Waals surface area (Å²) in [6.45, 7) is 5.76. The molecule has 2 bridgehead atoms. The van der Waals surface area contributed by atoms with Crippen molar-refractivity contribution in [3.8, 4) is 0 Å². The Balaban J connectivity index is 1.29. The van der Waals surface area contributed by atoms with Gasteiger partial charge in [0.25, 0.3) is 0 Å². The van der Waals surface area contributed by atoms with E-state index >= 15 is 0 Å². The monoisotopic (exact) mass is 398 g/mol. The third-order valence-electron chi connectivity index (χ3n) is 6.88. The molecule has 2 aromatic rings. The number of fused-ring (bicyclic) bond motifs is 2. The molecule has 0 spiro atoms. The highest BCUT2D eigenvalue weighted by Crippen LogP contribution is 2.48. The van der Waals surface area contributed by atoms with Crippen LogP contribution in [-0.4, -0.2) is 68.9 Å². The molecular weight excluding hydrogens is 368 g/mol. The minimum absolute atomic E-state index is 0.213. The van der Waals surface area contributed by atoms with Crippen molar-refractivity contribution in [2.24, 2.45) is 18.9 Å². The molecule has 1 saturated carbocycles. The van der Waals surface area contributed by atoms with E-state index in [2.05, 4.69) is 24.8 Å². The Hall–Kier alpha value is -2.03. The van der Waals surface area contributed by atoms with Crippen molar-refractivity contribution < 1.29 is 9.84 Å². The fourth-order valence-electron chi connectivity index (χ4n) is 5.40. The maximum atomic E-state index is 11.7. The maximum absolute atomic E-state index is 11.7. The number of hydrogen-bond acceptors (Lipinski definition) is 7.